The molecule has 0 aliphatic rings. The van der Waals surface area contributed by atoms with Gasteiger partial charge in [0.1, 0.15) is 5.75 Å². The van der Waals surface area contributed by atoms with Crippen LogP contribution in [-0.2, 0) is 9.53 Å². The van der Waals surface area contributed by atoms with E-state index in [9.17, 15) is 4.79 Å². The van der Waals surface area contributed by atoms with E-state index in [1.807, 2.05) is 45.0 Å². The number of hydrogen-bond acceptors (Lipinski definition) is 4. The van der Waals surface area contributed by atoms with Crippen LogP contribution >= 0.6 is 0 Å². The second kappa shape index (κ2) is 7.29. The van der Waals surface area contributed by atoms with Gasteiger partial charge >= 0.3 is 5.97 Å². The van der Waals surface area contributed by atoms with Crippen LogP contribution in [0.1, 0.15) is 45.2 Å². The molecule has 2 N–H and O–H groups in total. The summed E-state index contributed by atoms with van der Waals surface area (Å²) in [5.74, 6) is 0.645. The first-order valence-corrected chi connectivity index (χ1v) is 6.93. The van der Waals surface area contributed by atoms with Gasteiger partial charge in [-0.2, -0.15) is 0 Å². The summed E-state index contributed by atoms with van der Waals surface area (Å²) < 4.78 is 10.1. The van der Waals surface area contributed by atoms with Gasteiger partial charge in [0.15, 0.2) is 0 Å². The van der Waals surface area contributed by atoms with Crippen molar-refractivity contribution in [3.8, 4) is 5.75 Å². The molecule has 0 spiro atoms. The summed E-state index contributed by atoms with van der Waals surface area (Å²) in [4.78, 5) is 11.6. The highest BCUT2D eigenvalue weighted by molar-refractivity contribution is 5.70. The number of hydrogen-bond donors (Lipinski definition) is 1. The second-order valence-electron chi connectivity index (χ2n) is 5.73. The lowest BCUT2D eigenvalue weighted by atomic mass is 9.81. The molecule has 20 heavy (non-hydrogen) atoms. The standard InChI is InChI=1S/C16H25NO3/c1-5-20-15(18)11-16(2,3)10-14(17)12-6-8-13(19-4)9-7-12/h6-9,14H,5,10-11,17H2,1-4H3. The maximum atomic E-state index is 11.6. The van der Waals surface area contributed by atoms with E-state index in [-0.39, 0.29) is 17.4 Å². The molecule has 0 amide bonds. The van der Waals surface area contributed by atoms with Crippen LogP contribution in [0.4, 0.5) is 0 Å². The molecule has 1 aromatic carbocycles. The van der Waals surface area contributed by atoms with Crippen LogP contribution in [0.3, 0.4) is 0 Å². The highest BCUT2D eigenvalue weighted by Gasteiger charge is 2.26. The smallest absolute Gasteiger partial charge is 0.306 e. The van der Waals surface area contributed by atoms with Gasteiger partial charge in [-0.3, -0.25) is 4.79 Å². The molecule has 1 aromatic rings. The Morgan fingerprint density at radius 2 is 1.90 bits per heavy atom. The van der Waals surface area contributed by atoms with Crippen molar-refractivity contribution in [2.45, 2.75) is 39.7 Å². The summed E-state index contributed by atoms with van der Waals surface area (Å²) in [5, 5.41) is 0. The van der Waals surface area contributed by atoms with Gasteiger partial charge in [0.25, 0.3) is 0 Å². The third-order valence-corrected chi connectivity index (χ3v) is 3.24. The largest absolute Gasteiger partial charge is 0.497 e. The van der Waals surface area contributed by atoms with Gasteiger partial charge in [-0.25, -0.2) is 0 Å². The minimum atomic E-state index is -0.189. The number of esters is 1. The highest BCUT2D eigenvalue weighted by Crippen LogP contribution is 2.32. The van der Waals surface area contributed by atoms with Crippen LogP contribution in [0.15, 0.2) is 24.3 Å². The third kappa shape index (κ3) is 5.21. The van der Waals surface area contributed by atoms with Crippen molar-refractivity contribution in [2.24, 2.45) is 11.1 Å². The first-order chi connectivity index (χ1) is 9.38. The number of carbonyl (C=O) groups excluding carboxylic acids is 1. The summed E-state index contributed by atoms with van der Waals surface area (Å²) in [6, 6.07) is 7.61. The molecule has 4 heteroatoms. The minimum absolute atomic E-state index is 0.106. The lowest BCUT2D eigenvalue weighted by Gasteiger charge is -2.27. The van der Waals surface area contributed by atoms with Gasteiger partial charge < -0.3 is 15.2 Å². The van der Waals surface area contributed by atoms with E-state index in [1.165, 1.54) is 0 Å². The maximum Gasteiger partial charge on any atom is 0.306 e. The number of ether oxygens (including phenoxy) is 2. The van der Waals surface area contributed by atoms with Gasteiger partial charge in [0.05, 0.1) is 20.1 Å². The van der Waals surface area contributed by atoms with E-state index in [2.05, 4.69) is 0 Å². The quantitative estimate of drug-likeness (QED) is 0.779. The summed E-state index contributed by atoms with van der Waals surface area (Å²) in [7, 11) is 1.64. The van der Waals surface area contributed by atoms with E-state index < -0.39 is 0 Å². The molecule has 0 bridgehead atoms. The Bertz CT molecular complexity index is 426. The average Bonchev–Trinajstić information content (AvgIpc) is 2.37. The topological polar surface area (TPSA) is 61.5 Å². The van der Waals surface area contributed by atoms with E-state index in [4.69, 9.17) is 15.2 Å². The fourth-order valence-electron chi connectivity index (χ4n) is 2.24. The monoisotopic (exact) mass is 279 g/mol. The average molecular weight is 279 g/mol. The predicted molar refractivity (Wildman–Crippen MR) is 79.6 cm³/mol. The number of methoxy groups -OCH3 is 1. The highest BCUT2D eigenvalue weighted by atomic mass is 16.5. The van der Waals surface area contributed by atoms with Gasteiger partial charge in [0.2, 0.25) is 0 Å². The summed E-state index contributed by atoms with van der Waals surface area (Å²) >= 11 is 0. The van der Waals surface area contributed by atoms with Crippen LogP contribution in [0, 0.1) is 5.41 Å². The molecule has 112 valence electrons. The lowest BCUT2D eigenvalue weighted by Crippen LogP contribution is -2.25. The van der Waals surface area contributed by atoms with Gasteiger partial charge in [0, 0.05) is 6.04 Å². The molecule has 0 aromatic heterocycles. The summed E-state index contributed by atoms with van der Waals surface area (Å²) in [6.07, 6.45) is 1.10. The van der Waals surface area contributed by atoms with Crippen LogP contribution in [0.25, 0.3) is 0 Å². The Morgan fingerprint density at radius 3 is 2.40 bits per heavy atom. The third-order valence-electron chi connectivity index (χ3n) is 3.24. The van der Waals surface area contributed by atoms with Crippen molar-refractivity contribution in [3.05, 3.63) is 29.8 Å². The zero-order valence-electron chi connectivity index (χ0n) is 12.8. The molecule has 0 saturated heterocycles. The fourth-order valence-corrected chi connectivity index (χ4v) is 2.24. The van der Waals surface area contributed by atoms with Crippen LogP contribution in [0.2, 0.25) is 0 Å². The molecule has 1 rings (SSSR count). The molecule has 0 saturated carbocycles. The molecule has 1 unspecified atom stereocenters. The molecule has 0 radical (unpaired) electrons. The minimum Gasteiger partial charge on any atom is -0.497 e. The molecule has 1 atom stereocenters. The number of nitrogens with two attached hydrogens (primary N) is 1. The van der Waals surface area contributed by atoms with E-state index in [0.29, 0.717) is 13.0 Å². The maximum absolute atomic E-state index is 11.6. The van der Waals surface area contributed by atoms with Gasteiger partial charge in [-0.15, -0.1) is 0 Å². The predicted octanol–water partition coefficient (Wildman–Crippen LogP) is 3.06. The van der Waals surface area contributed by atoms with Crippen molar-refractivity contribution >= 4 is 5.97 Å². The van der Waals surface area contributed by atoms with Crippen molar-refractivity contribution in [2.75, 3.05) is 13.7 Å². The Labute approximate surface area is 121 Å². The van der Waals surface area contributed by atoms with Gasteiger partial charge in [-0.1, -0.05) is 26.0 Å². The Balaban J connectivity index is 2.62. The van der Waals surface area contributed by atoms with E-state index >= 15 is 0 Å². The normalized spacial score (nSPS) is 12.8. The molecule has 0 aliphatic carbocycles. The first-order valence-electron chi connectivity index (χ1n) is 6.93. The number of rotatable bonds is 7. The Morgan fingerprint density at radius 1 is 1.30 bits per heavy atom. The zero-order chi connectivity index (χ0) is 15.2. The molecular weight excluding hydrogens is 254 g/mol. The Hall–Kier alpha value is -1.55. The number of benzene rings is 1. The van der Waals surface area contributed by atoms with E-state index in [1.54, 1.807) is 7.11 Å². The number of carbonyl (C=O) groups is 1. The zero-order valence-corrected chi connectivity index (χ0v) is 12.8. The molecule has 0 aliphatic heterocycles. The van der Waals surface area contributed by atoms with Gasteiger partial charge in [-0.05, 0) is 36.5 Å². The van der Waals surface area contributed by atoms with Crippen molar-refractivity contribution < 1.29 is 14.3 Å². The molecule has 0 heterocycles. The fraction of sp³-hybridized carbons (Fsp3) is 0.562. The SMILES string of the molecule is CCOC(=O)CC(C)(C)CC(N)c1ccc(OC)cc1. The first kappa shape index (κ1) is 16.5. The summed E-state index contributed by atoms with van der Waals surface area (Å²) in [5.41, 5.74) is 7.08. The second-order valence-corrected chi connectivity index (χ2v) is 5.73. The molecule has 4 nitrogen and oxygen atoms in total. The summed E-state index contributed by atoms with van der Waals surface area (Å²) in [6.45, 7) is 6.30. The molecular formula is C16H25NO3. The lowest BCUT2D eigenvalue weighted by molar-refractivity contribution is -0.145. The van der Waals surface area contributed by atoms with Crippen molar-refractivity contribution in [1.82, 2.24) is 0 Å². The van der Waals surface area contributed by atoms with Crippen LogP contribution in [-0.4, -0.2) is 19.7 Å². The van der Waals surface area contributed by atoms with Crippen molar-refractivity contribution in [1.29, 1.82) is 0 Å². The van der Waals surface area contributed by atoms with Crippen LogP contribution in [0.5, 0.6) is 5.75 Å². The van der Waals surface area contributed by atoms with Crippen LogP contribution < -0.4 is 10.5 Å². The van der Waals surface area contributed by atoms with E-state index in [0.717, 1.165) is 17.7 Å². The Kier molecular flexibility index (Phi) is 6.02. The molecule has 0 fully saturated rings. The van der Waals surface area contributed by atoms with Crippen molar-refractivity contribution in [3.63, 3.8) is 0 Å².